The van der Waals surface area contributed by atoms with Crippen LogP contribution in [0.1, 0.15) is 28.8 Å². The zero-order chi connectivity index (χ0) is 13.8. The minimum Gasteiger partial charge on any atom is -0.456 e. The third-order valence-corrected chi connectivity index (χ3v) is 2.88. The molecule has 0 aliphatic heterocycles. The number of rotatable bonds is 3. The van der Waals surface area contributed by atoms with Gasteiger partial charge in [0.25, 0.3) is 0 Å². The fourth-order valence-corrected chi connectivity index (χ4v) is 1.83. The highest BCUT2D eigenvalue weighted by Crippen LogP contribution is 2.15. The molecule has 0 aliphatic carbocycles. The molecule has 1 amide bonds. The van der Waals surface area contributed by atoms with Gasteiger partial charge in [-0.25, -0.2) is 5.43 Å². The molecular formula is C14H13ClN2O2. The molecule has 98 valence electrons. The van der Waals surface area contributed by atoms with E-state index in [0.29, 0.717) is 16.5 Å². The summed E-state index contributed by atoms with van der Waals surface area (Å²) in [4.78, 5) is 11.7. The molecule has 5 heteroatoms. The summed E-state index contributed by atoms with van der Waals surface area (Å²) in [6.07, 6.45) is 0. The van der Waals surface area contributed by atoms with Crippen LogP contribution < -0.4 is 5.43 Å². The maximum atomic E-state index is 11.7. The highest BCUT2D eigenvalue weighted by Gasteiger charge is 2.09. The van der Waals surface area contributed by atoms with Crippen molar-refractivity contribution in [3.05, 3.63) is 58.5 Å². The number of nitrogens with one attached hydrogen (secondary N) is 1. The van der Waals surface area contributed by atoms with Crippen LogP contribution in [-0.2, 0) is 0 Å². The normalized spacial score (nSPS) is 11.4. The number of nitrogens with zero attached hydrogens (tertiary/aromatic N) is 1. The minimum absolute atomic E-state index is 0.230. The number of hydrazone groups is 1. The van der Waals surface area contributed by atoms with Crippen molar-refractivity contribution in [3.8, 4) is 0 Å². The fraction of sp³-hybridized carbons (Fsp3) is 0.143. The zero-order valence-electron chi connectivity index (χ0n) is 10.6. The first-order valence-electron chi connectivity index (χ1n) is 5.74. The van der Waals surface area contributed by atoms with Crippen molar-refractivity contribution in [1.29, 1.82) is 0 Å². The van der Waals surface area contributed by atoms with E-state index in [2.05, 4.69) is 10.5 Å². The molecule has 0 radical (unpaired) electrons. The lowest BCUT2D eigenvalue weighted by Crippen LogP contribution is -2.18. The summed E-state index contributed by atoms with van der Waals surface area (Å²) in [5.74, 6) is 0.518. The molecule has 0 bridgehead atoms. The Bertz CT molecular complexity index is 632. The quantitative estimate of drug-likeness (QED) is 0.690. The van der Waals surface area contributed by atoms with E-state index in [9.17, 15) is 4.79 Å². The molecule has 0 aliphatic rings. The van der Waals surface area contributed by atoms with E-state index in [4.69, 9.17) is 16.0 Å². The van der Waals surface area contributed by atoms with Crippen molar-refractivity contribution in [1.82, 2.24) is 5.43 Å². The molecule has 2 aromatic rings. The molecule has 0 unspecified atom stereocenters. The van der Waals surface area contributed by atoms with Crippen LogP contribution in [0.5, 0.6) is 0 Å². The summed E-state index contributed by atoms with van der Waals surface area (Å²) in [6, 6.07) is 10.6. The maximum absolute atomic E-state index is 11.7. The van der Waals surface area contributed by atoms with E-state index < -0.39 is 0 Å². The molecule has 0 atom stereocenters. The van der Waals surface area contributed by atoms with Crippen LogP contribution in [0, 0.1) is 6.92 Å². The molecule has 0 saturated heterocycles. The first-order valence-corrected chi connectivity index (χ1v) is 6.11. The molecule has 0 spiro atoms. The SMILES string of the molecule is C/C(=N\NC(=O)c1ccc(C)o1)c1ccccc1Cl. The number of furan rings is 1. The summed E-state index contributed by atoms with van der Waals surface area (Å²) in [5.41, 5.74) is 3.84. The highest BCUT2D eigenvalue weighted by atomic mass is 35.5. The molecule has 1 aromatic heterocycles. The van der Waals surface area contributed by atoms with Crippen LogP contribution >= 0.6 is 11.6 Å². The molecular weight excluding hydrogens is 264 g/mol. The summed E-state index contributed by atoms with van der Waals surface area (Å²) in [7, 11) is 0. The maximum Gasteiger partial charge on any atom is 0.307 e. The monoisotopic (exact) mass is 276 g/mol. The number of carbonyl (C=O) groups is 1. The van der Waals surface area contributed by atoms with Crippen molar-refractivity contribution < 1.29 is 9.21 Å². The smallest absolute Gasteiger partial charge is 0.307 e. The van der Waals surface area contributed by atoms with E-state index in [-0.39, 0.29) is 11.7 Å². The second kappa shape index (κ2) is 5.71. The van der Waals surface area contributed by atoms with Gasteiger partial charge in [0, 0.05) is 10.6 Å². The first-order chi connectivity index (χ1) is 9.08. The van der Waals surface area contributed by atoms with Gasteiger partial charge in [0.05, 0.1) is 5.71 Å². The number of benzene rings is 1. The Kier molecular flexibility index (Phi) is 4.02. The Labute approximate surface area is 116 Å². The van der Waals surface area contributed by atoms with Crippen LogP contribution in [0.4, 0.5) is 0 Å². The lowest BCUT2D eigenvalue weighted by molar-refractivity contribution is 0.0926. The number of hydrogen-bond donors (Lipinski definition) is 1. The molecule has 1 N–H and O–H groups in total. The number of aryl methyl sites for hydroxylation is 1. The van der Waals surface area contributed by atoms with Gasteiger partial charge in [-0.15, -0.1) is 0 Å². The predicted octanol–water partition coefficient (Wildman–Crippen LogP) is 3.40. The van der Waals surface area contributed by atoms with E-state index in [1.165, 1.54) is 0 Å². The Balaban J connectivity index is 2.11. The van der Waals surface area contributed by atoms with E-state index >= 15 is 0 Å². The molecule has 1 heterocycles. The summed E-state index contributed by atoms with van der Waals surface area (Å²) in [5, 5.41) is 4.60. The summed E-state index contributed by atoms with van der Waals surface area (Å²) >= 11 is 6.04. The van der Waals surface area contributed by atoms with Gasteiger partial charge >= 0.3 is 5.91 Å². The van der Waals surface area contributed by atoms with Crippen LogP contribution in [0.15, 0.2) is 45.9 Å². The van der Waals surface area contributed by atoms with Gasteiger partial charge < -0.3 is 4.42 Å². The van der Waals surface area contributed by atoms with Crippen LogP contribution in [0.25, 0.3) is 0 Å². The number of carbonyl (C=O) groups excluding carboxylic acids is 1. The van der Waals surface area contributed by atoms with Crippen molar-refractivity contribution >= 4 is 23.2 Å². The molecule has 2 rings (SSSR count). The number of hydrogen-bond acceptors (Lipinski definition) is 3. The average Bonchev–Trinajstić information content (AvgIpc) is 2.83. The van der Waals surface area contributed by atoms with Crippen LogP contribution in [0.2, 0.25) is 5.02 Å². The van der Waals surface area contributed by atoms with E-state index in [0.717, 1.165) is 5.56 Å². The van der Waals surface area contributed by atoms with Crippen LogP contribution in [0.3, 0.4) is 0 Å². The van der Waals surface area contributed by atoms with Gasteiger partial charge in [0.15, 0.2) is 5.76 Å². The van der Waals surface area contributed by atoms with Gasteiger partial charge in [-0.05, 0) is 32.0 Å². The highest BCUT2D eigenvalue weighted by molar-refractivity contribution is 6.34. The molecule has 1 aromatic carbocycles. The first kappa shape index (κ1) is 13.4. The van der Waals surface area contributed by atoms with Gasteiger partial charge in [-0.3, -0.25) is 4.79 Å². The van der Waals surface area contributed by atoms with Crippen LogP contribution in [-0.4, -0.2) is 11.6 Å². The molecule has 0 fully saturated rings. The van der Waals surface area contributed by atoms with Crippen molar-refractivity contribution in [3.63, 3.8) is 0 Å². The van der Waals surface area contributed by atoms with Crippen molar-refractivity contribution in [2.75, 3.05) is 0 Å². The van der Waals surface area contributed by atoms with Crippen molar-refractivity contribution in [2.24, 2.45) is 5.10 Å². The zero-order valence-corrected chi connectivity index (χ0v) is 11.4. The van der Waals surface area contributed by atoms with E-state index in [1.807, 2.05) is 18.2 Å². The van der Waals surface area contributed by atoms with Crippen molar-refractivity contribution in [2.45, 2.75) is 13.8 Å². The van der Waals surface area contributed by atoms with Gasteiger partial charge in [0.2, 0.25) is 0 Å². The Morgan fingerprint density at radius 3 is 2.63 bits per heavy atom. The molecule has 0 saturated carbocycles. The number of halogens is 1. The van der Waals surface area contributed by atoms with Gasteiger partial charge in [0.1, 0.15) is 5.76 Å². The van der Waals surface area contributed by atoms with Gasteiger partial charge in [-0.1, -0.05) is 29.8 Å². The standard InChI is InChI=1S/C14H13ClN2O2/c1-9-7-8-13(19-9)14(18)17-16-10(2)11-5-3-4-6-12(11)15/h3-8H,1-2H3,(H,17,18)/b16-10+. The fourth-order valence-electron chi connectivity index (χ4n) is 1.56. The largest absolute Gasteiger partial charge is 0.456 e. The Hall–Kier alpha value is -2.07. The lowest BCUT2D eigenvalue weighted by Gasteiger charge is -2.03. The summed E-state index contributed by atoms with van der Waals surface area (Å²) in [6.45, 7) is 3.55. The summed E-state index contributed by atoms with van der Waals surface area (Å²) < 4.78 is 5.20. The lowest BCUT2D eigenvalue weighted by atomic mass is 10.1. The topological polar surface area (TPSA) is 54.6 Å². The average molecular weight is 277 g/mol. The molecule has 4 nitrogen and oxygen atoms in total. The second-order valence-corrected chi connectivity index (χ2v) is 4.44. The Morgan fingerprint density at radius 1 is 1.26 bits per heavy atom. The minimum atomic E-state index is -0.389. The second-order valence-electron chi connectivity index (χ2n) is 4.03. The van der Waals surface area contributed by atoms with E-state index in [1.54, 1.807) is 32.0 Å². The predicted molar refractivity (Wildman–Crippen MR) is 74.6 cm³/mol. The molecule has 19 heavy (non-hydrogen) atoms. The number of amides is 1. The third-order valence-electron chi connectivity index (χ3n) is 2.55. The van der Waals surface area contributed by atoms with Gasteiger partial charge in [-0.2, -0.15) is 5.10 Å². The third kappa shape index (κ3) is 3.23. The Morgan fingerprint density at radius 2 is 2.00 bits per heavy atom.